The molecule has 0 amide bonds. The van der Waals surface area contributed by atoms with Crippen molar-refractivity contribution in [3.8, 4) is 0 Å². The van der Waals surface area contributed by atoms with E-state index in [0.29, 0.717) is 0 Å². The molecule has 0 N–H and O–H groups in total. The molecule has 3 aliphatic rings. The minimum Gasteiger partial charge on any atom is -0.125 e. The van der Waals surface area contributed by atoms with Crippen molar-refractivity contribution in [2.75, 3.05) is 0 Å². The van der Waals surface area contributed by atoms with Crippen LogP contribution in [0.15, 0.2) is 29.0 Å². The number of rotatable bonds is 0. The number of hydrogen-bond donors (Lipinski definition) is 0. The molecule has 0 bridgehead atoms. The number of fused-ring (bicyclic) bond motifs is 3. The van der Waals surface area contributed by atoms with E-state index in [9.17, 15) is 0 Å². The molecule has 3 atom stereocenters. The molecule has 1 saturated carbocycles. The van der Waals surface area contributed by atoms with E-state index >= 15 is 0 Å². The number of allylic oxidation sites excluding steroid dienone is 3. The van der Waals surface area contributed by atoms with Gasteiger partial charge in [0, 0.05) is 5.92 Å². The van der Waals surface area contributed by atoms with Crippen molar-refractivity contribution in [2.24, 2.45) is 17.8 Å². The first-order chi connectivity index (χ1) is 5.86. The Kier molecular flexibility index (Phi) is 1.20. The molecule has 0 aromatic carbocycles. The molecule has 3 rings (SSSR count). The predicted molar refractivity (Wildman–Crippen MR) is 49.7 cm³/mol. The van der Waals surface area contributed by atoms with Crippen LogP contribution in [0.1, 0.15) is 26.2 Å². The van der Waals surface area contributed by atoms with Gasteiger partial charge in [0.2, 0.25) is 0 Å². The molecule has 0 aliphatic heterocycles. The molecule has 0 heterocycles. The Balaban J connectivity index is 2.08. The Bertz CT molecular complexity index is 313. The quantitative estimate of drug-likeness (QED) is 0.375. The molecule has 0 aromatic rings. The minimum atomic E-state index is 0.800. The summed E-state index contributed by atoms with van der Waals surface area (Å²) >= 11 is 0. The van der Waals surface area contributed by atoms with Crippen molar-refractivity contribution in [3.05, 3.63) is 29.0 Å². The van der Waals surface area contributed by atoms with Gasteiger partial charge in [0.25, 0.3) is 0 Å². The van der Waals surface area contributed by atoms with Crippen LogP contribution in [-0.2, 0) is 0 Å². The molecule has 0 radical (unpaired) electrons. The number of hydrogen-bond acceptors (Lipinski definition) is 0. The van der Waals surface area contributed by atoms with Crippen molar-refractivity contribution in [1.82, 2.24) is 0 Å². The van der Waals surface area contributed by atoms with Gasteiger partial charge in [-0.25, -0.2) is 0 Å². The molecule has 0 aromatic heterocycles. The van der Waals surface area contributed by atoms with Gasteiger partial charge in [-0.1, -0.05) is 11.6 Å². The molecule has 12 heavy (non-hydrogen) atoms. The summed E-state index contributed by atoms with van der Waals surface area (Å²) in [6.07, 6.45) is 8.68. The van der Waals surface area contributed by atoms with E-state index in [4.69, 9.17) is 0 Å². The molecular weight excluding hydrogens is 144 g/mol. The molecule has 3 aliphatic carbocycles. The van der Waals surface area contributed by atoms with E-state index in [2.05, 4.69) is 24.8 Å². The van der Waals surface area contributed by atoms with E-state index in [1.165, 1.54) is 19.3 Å². The van der Waals surface area contributed by atoms with Crippen LogP contribution in [0.2, 0.25) is 0 Å². The Morgan fingerprint density at radius 3 is 3.33 bits per heavy atom. The molecule has 0 heteroatoms. The van der Waals surface area contributed by atoms with Gasteiger partial charge in [0.1, 0.15) is 0 Å². The van der Waals surface area contributed by atoms with Crippen LogP contribution in [0.25, 0.3) is 0 Å². The summed E-state index contributed by atoms with van der Waals surface area (Å²) < 4.78 is 0. The second-order valence-electron chi connectivity index (χ2n) is 4.36. The summed E-state index contributed by atoms with van der Waals surface area (Å²) in [5.41, 5.74) is 6.70. The molecule has 62 valence electrons. The van der Waals surface area contributed by atoms with Crippen LogP contribution in [0.3, 0.4) is 0 Å². The first-order valence-electron chi connectivity index (χ1n) is 4.98. The molecule has 3 unspecified atom stereocenters. The zero-order valence-corrected chi connectivity index (χ0v) is 7.51. The smallest absolute Gasteiger partial charge is 0.0114 e. The van der Waals surface area contributed by atoms with Gasteiger partial charge in [-0.2, -0.15) is 0 Å². The highest BCUT2D eigenvalue weighted by atomic mass is 14.5. The Labute approximate surface area is 73.7 Å². The van der Waals surface area contributed by atoms with Gasteiger partial charge in [0.05, 0.1) is 0 Å². The van der Waals surface area contributed by atoms with Crippen molar-refractivity contribution in [2.45, 2.75) is 26.2 Å². The van der Waals surface area contributed by atoms with Crippen LogP contribution in [0, 0.1) is 17.8 Å². The Morgan fingerprint density at radius 1 is 1.50 bits per heavy atom. The van der Waals surface area contributed by atoms with Gasteiger partial charge in [-0.3, -0.25) is 0 Å². The predicted octanol–water partition coefficient (Wildman–Crippen LogP) is 3.07. The standard InChI is InChI=1S/C12H14/c1-8-3-2-4-9-5-6-10-7-11(10)12(8)9/h3,6,10-12H,2,4,7H2,1H3. The molecule has 0 nitrogen and oxygen atoms in total. The van der Waals surface area contributed by atoms with Crippen LogP contribution < -0.4 is 0 Å². The van der Waals surface area contributed by atoms with Crippen molar-refractivity contribution in [3.63, 3.8) is 0 Å². The summed E-state index contributed by atoms with van der Waals surface area (Å²) in [5, 5.41) is 0. The highest BCUT2D eigenvalue weighted by Crippen LogP contribution is 2.54. The van der Waals surface area contributed by atoms with Crippen molar-refractivity contribution < 1.29 is 0 Å². The Hall–Kier alpha value is -0.740. The lowest BCUT2D eigenvalue weighted by Gasteiger charge is -2.25. The topological polar surface area (TPSA) is 0 Å². The lowest BCUT2D eigenvalue weighted by molar-refractivity contribution is 0.546. The van der Waals surface area contributed by atoms with E-state index < -0.39 is 0 Å². The maximum atomic E-state index is 3.49. The SMILES string of the molecule is CC1=CCCC2=C=CC3CC3C21. The van der Waals surface area contributed by atoms with E-state index in [1.807, 2.05) is 0 Å². The lowest BCUT2D eigenvalue weighted by atomic mass is 9.79. The summed E-state index contributed by atoms with van der Waals surface area (Å²) in [6.45, 7) is 2.30. The maximum absolute atomic E-state index is 3.49. The van der Waals surface area contributed by atoms with Gasteiger partial charge >= 0.3 is 0 Å². The highest BCUT2D eigenvalue weighted by Gasteiger charge is 2.45. The fraction of sp³-hybridized carbons (Fsp3) is 0.583. The third kappa shape index (κ3) is 0.791. The van der Waals surface area contributed by atoms with Gasteiger partial charge in [-0.05, 0) is 49.7 Å². The first kappa shape index (κ1) is 6.74. The second-order valence-corrected chi connectivity index (χ2v) is 4.36. The second kappa shape index (κ2) is 2.14. The van der Waals surface area contributed by atoms with Crippen LogP contribution in [0.4, 0.5) is 0 Å². The fourth-order valence-corrected chi connectivity index (χ4v) is 2.80. The minimum absolute atomic E-state index is 0.800. The summed E-state index contributed by atoms with van der Waals surface area (Å²) in [7, 11) is 0. The first-order valence-corrected chi connectivity index (χ1v) is 4.98. The molecule has 0 saturated heterocycles. The van der Waals surface area contributed by atoms with Crippen molar-refractivity contribution >= 4 is 0 Å². The monoisotopic (exact) mass is 158 g/mol. The molecular formula is C12H14. The van der Waals surface area contributed by atoms with E-state index in [0.717, 1.165) is 17.8 Å². The summed E-state index contributed by atoms with van der Waals surface area (Å²) in [6, 6.07) is 0. The van der Waals surface area contributed by atoms with Gasteiger partial charge in [0.15, 0.2) is 0 Å². The maximum Gasteiger partial charge on any atom is 0.0114 e. The van der Waals surface area contributed by atoms with Crippen LogP contribution in [0.5, 0.6) is 0 Å². The molecule has 0 spiro atoms. The third-order valence-electron chi connectivity index (χ3n) is 3.55. The third-order valence-corrected chi connectivity index (χ3v) is 3.55. The summed E-state index contributed by atoms with van der Waals surface area (Å²) in [5.74, 6) is 2.66. The average molecular weight is 158 g/mol. The van der Waals surface area contributed by atoms with Gasteiger partial charge in [-0.15, -0.1) is 5.73 Å². The van der Waals surface area contributed by atoms with E-state index in [-0.39, 0.29) is 0 Å². The largest absolute Gasteiger partial charge is 0.125 e. The Morgan fingerprint density at radius 2 is 2.42 bits per heavy atom. The summed E-state index contributed by atoms with van der Waals surface area (Å²) in [4.78, 5) is 0. The zero-order chi connectivity index (χ0) is 8.13. The average Bonchev–Trinajstić information content (AvgIpc) is 2.82. The zero-order valence-electron chi connectivity index (χ0n) is 7.51. The molecule has 1 fully saturated rings. The fourth-order valence-electron chi connectivity index (χ4n) is 2.80. The van der Waals surface area contributed by atoms with E-state index in [1.54, 1.807) is 11.1 Å². The van der Waals surface area contributed by atoms with Crippen LogP contribution in [-0.4, -0.2) is 0 Å². The normalized spacial score (nSPS) is 42.6. The lowest BCUT2D eigenvalue weighted by Crippen LogP contribution is -2.14. The van der Waals surface area contributed by atoms with Gasteiger partial charge < -0.3 is 0 Å². The van der Waals surface area contributed by atoms with Crippen molar-refractivity contribution in [1.29, 1.82) is 0 Å². The highest BCUT2D eigenvalue weighted by molar-refractivity contribution is 5.32. The van der Waals surface area contributed by atoms with Crippen LogP contribution >= 0.6 is 0 Å².